The molecule has 0 fully saturated rings. The summed E-state index contributed by atoms with van der Waals surface area (Å²) in [5.41, 5.74) is 3.11. The van der Waals surface area contributed by atoms with E-state index in [0.29, 0.717) is 17.7 Å². The van der Waals surface area contributed by atoms with E-state index in [1.54, 1.807) is 44.2 Å². The summed E-state index contributed by atoms with van der Waals surface area (Å²) < 4.78 is 22.4. The van der Waals surface area contributed by atoms with Gasteiger partial charge in [-0.25, -0.2) is 8.42 Å². The Bertz CT molecular complexity index is 1490. The highest BCUT2D eigenvalue weighted by Gasteiger charge is 2.09. The van der Waals surface area contributed by atoms with Crippen LogP contribution >= 0.6 is 0 Å². The smallest absolute Gasteiger partial charge is 0.226 e. The van der Waals surface area contributed by atoms with Crippen LogP contribution in [-0.2, 0) is 25.8 Å². The van der Waals surface area contributed by atoms with Crippen LogP contribution in [0.5, 0.6) is 0 Å². The molecule has 0 atom stereocenters. The molecule has 0 spiro atoms. The van der Waals surface area contributed by atoms with Crippen molar-refractivity contribution in [3.63, 3.8) is 0 Å². The molecule has 0 aromatic heterocycles. The van der Waals surface area contributed by atoms with E-state index in [-0.39, 0.29) is 29.1 Å². The summed E-state index contributed by atoms with van der Waals surface area (Å²) in [5.74, 6) is 0.716. The molecule has 7 heteroatoms. The molecule has 1 amide bonds. The predicted octanol–water partition coefficient (Wildman–Crippen LogP) is 9.67. The van der Waals surface area contributed by atoms with Crippen LogP contribution in [0.2, 0.25) is 0 Å². The number of carbonyl (C=O) groups is 3. The third kappa shape index (κ3) is 21.1. The second kappa shape index (κ2) is 25.8. The molecule has 4 aromatic carbocycles. The normalized spacial score (nSPS) is 9.79. The van der Waals surface area contributed by atoms with E-state index in [0.717, 1.165) is 11.3 Å². The van der Waals surface area contributed by atoms with Crippen LogP contribution in [0.3, 0.4) is 0 Å². The van der Waals surface area contributed by atoms with Crippen molar-refractivity contribution in [2.45, 2.75) is 79.0 Å². The third-order valence-electron chi connectivity index (χ3n) is 6.34. The first-order chi connectivity index (χ1) is 22.4. The van der Waals surface area contributed by atoms with E-state index in [1.165, 1.54) is 18.4 Å². The molecule has 0 saturated heterocycles. The number of nitrogens with one attached hydrogen (secondary N) is 1. The lowest BCUT2D eigenvalue weighted by molar-refractivity contribution is -0.119. The highest BCUT2D eigenvalue weighted by molar-refractivity contribution is 7.91. The summed E-state index contributed by atoms with van der Waals surface area (Å²) in [6, 6.07) is 37.9. The molecule has 1 N–H and O–H groups in total. The lowest BCUT2D eigenvalue weighted by Gasteiger charge is -2.06. The van der Waals surface area contributed by atoms with E-state index in [4.69, 9.17) is 0 Å². The second-order valence-corrected chi connectivity index (χ2v) is 12.9. The van der Waals surface area contributed by atoms with Crippen molar-refractivity contribution in [1.29, 1.82) is 0 Å². The van der Waals surface area contributed by atoms with Crippen molar-refractivity contribution < 1.29 is 22.8 Å². The molecule has 0 aliphatic rings. The van der Waals surface area contributed by atoms with Gasteiger partial charge in [-0.15, -0.1) is 0 Å². The number of benzene rings is 4. The van der Waals surface area contributed by atoms with Crippen LogP contribution in [0.15, 0.2) is 126 Å². The molecule has 0 aliphatic heterocycles. The van der Waals surface area contributed by atoms with Crippen LogP contribution in [0.25, 0.3) is 0 Å². The Labute approximate surface area is 283 Å². The van der Waals surface area contributed by atoms with Gasteiger partial charge in [-0.05, 0) is 43.2 Å². The molecular weight excluding hydrogens is 607 g/mol. The number of hydrogen-bond donors (Lipinski definition) is 1. The number of para-hydroxylation sites is 1. The Kier molecular flexibility index (Phi) is 23.4. The quantitative estimate of drug-likeness (QED) is 0.181. The number of anilines is 1. The maximum Gasteiger partial charge on any atom is 0.226 e. The Morgan fingerprint density at radius 1 is 0.638 bits per heavy atom. The fourth-order valence-electron chi connectivity index (χ4n) is 3.36. The molecule has 4 aromatic rings. The average Bonchev–Trinajstić information content (AvgIpc) is 3.11. The van der Waals surface area contributed by atoms with Gasteiger partial charge in [0.25, 0.3) is 0 Å². The van der Waals surface area contributed by atoms with E-state index in [2.05, 4.69) is 42.6 Å². The van der Waals surface area contributed by atoms with Gasteiger partial charge in [0.15, 0.2) is 15.6 Å². The summed E-state index contributed by atoms with van der Waals surface area (Å²) in [4.78, 5) is 32.4. The summed E-state index contributed by atoms with van der Waals surface area (Å²) >= 11 is 0. The summed E-state index contributed by atoms with van der Waals surface area (Å²) in [5, 5.41) is 2.80. The van der Waals surface area contributed by atoms with Gasteiger partial charge in [-0.2, -0.15) is 0 Å². The number of carbonyl (C=O) groups excluding carboxylic acids is 3. The van der Waals surface area contributed by atoms with Gasteiger partial charge in [-0.1, -0.05) is 145 Å². The van der Waals surface area contributed by atoms with Crippen molar-refractivity contribution in [2.75, 3.05) is 11.1 Å². The van der Waals surface area contributed by atoms with Crippen molar-refractivity contribution in [3.05, 3.63) is 132 Å². The van der Waals surface area contributed by atoms with Crippen molar-refractivity contribution in [3.8, 4) is 0 Å². The number of sulfone groups is 1. The number of aryl methyl sites for hydroxylation is 1. The Morgan fingerprint density at radius 3 is 1.45 bits per heavy atom. The van der Waals surface area contributed by atoms with Gasteiger partial charge >= 0.3 is 0 Å². The highest BCUT2D eigenvalue weighted by atomic mass is 32.2. The first kappa shape index (κ1) is 42.6. The zero-order chi connectivity index (χ0) is 35.5. The third-order valence-corrected chi connectivity index (χ3v) is 8.09. The number of Topliss-reactive ketones (excluding diaryl/α,β-unsaturated/α-hetero) is 2. The molecule has 4 rings (SSSR count). The van der Waals surface area contributed by atoms with Gasteiger partial charge in [0.05, 0.1) is 10.6 Å². The number of amides is 1. The van der Waals surface area contributed by atoms with E-state index in [9.17, 15) is 22.8 Å². The minimum absolute atomic E-state index is 0.0326. The van der Waals surface area contributed by atoms with Crippen molar-refractivity contribution in [1.82, 2.24) is 0 Å². The minimum atomic E-state index is -3.00. The largest absolute Gasteiger partial charge is 0.326 e. The molecule has 47 heavy (non-hydrogen) atoms. The lowest BCUT2D eigenvalue weighted by Crippen LogP contribution is -2.17. The summed E-state index contributed by atoms with van der Waals surface area (Å²) in [6.45, 7) is 12.9. The molecule has 0 saturated carbocycles. The molecular formula is C40H53NO5S. The molecule has 254 valence electrons. The second-order valence-electron chi connectivity index (χ2n) is 10.7. The molecule has 0 bridgehead atoms. The fourth-order valence-corrected chi connectivity index (χ4v) is 4.27. The average molecular weight is 660 g/mol. The predicted molar refractivity (Wildman–Crippen MR) is 197 cm³/mol. The van der Waals surface area contributed by atoms with Crippen molar-refractivity contribution >= 4 is 33.0 Å². The SMILES string of the molecule is CC(C)C(=O)Nc1ccccc1.CCC(=O)c1ccccc1.CCC(C)=O.CCCc1ccccc1.CCS(=O)(=O)c1ccccc1. The zero-order valence-corrected chi connectivity index (χ0v) is 29.9. The molecule has 0 aliphatic carbocycles. The maximum absolute atomic E-state index is 11.2. The van der Waals surface area contributed by atoms with Crippen LogP contribution in [0.1, 0.15) is 83.7 Å². The Hall–Kier alpha value is -4.36. The van der Waals surface area contributed by atoms with Crippen LogP contribution in [-0.4, -0.2) is 31.6 Å². The molecule has 6 nitrogen and oxygen atoms in total. The van der Waals surface area contributed by atoms with Crippen LogP contribution in [0, 0.1) is 5.92 Å². The molecule has 0 radical (unpaired) electrons. The first-order valence-corrected chi connectivity index (χ1v) is 17.8. The molecule has 0 heterocycles. The van der Waals surface area contributed by atoms with Gasteiger partial charge in [-0.3, -0.25) is 9.59 Å². The maximum atomic E-state index is 11.2. The standard InChI is InChI=1S/C10H13NO.C9H10O.C9H12.C8H10O2S.C4H8O/c1-8(2)10(12)11-9-6-4-3-5-7-9;1-2-9(10)8-6-4-3-5-7-8;1-2-6-9-7-4-3-5-8-9;1-2-11(9,10)8-6-4-3-5-7-8;1-3-4(2)5/h3-8H,1-2H3,(H,11,12);3-7H,2H2,1H3;3-5,7-8H,2,6H2,1H3;3-7H,2H2,1H3;3H2,1-2H3. The van der Waals surface area contributed by atoms with Gasteiger partial charge < -0.3 is 10.1 Å². The minimum Gasteiger partial charge on any atom is -0.326 e. The zero-order valence-electron chi connectivity index (χ0n) is 29.1. The monoisotopic (exact) mass is 659 g/mol. The Balaban J connectivity index is 0.000000575. The summed E-state index contributed by atoms with van der Waals surface area (Å²) in [6.07, 6.45) is 3.70. The van der Waals surface area contributed by atoms with E-state index >= 15 is 0 Å². The Morgan fingerprint density at radius 2 is 1.06 bits per heavy atom. The topological polar surface area (TPSA) is 97.4 Å². The lowest BCUT2D eigenvalue weighted by atomic mass is 10.1. The summed E-state index contributed by atoms with van der Waals surface area (Å²) in [7, 11) is -3.00. The number of ketones is 2. The van der Waals surface area contributed by atoms with E-state index < -0.39 is 9.84 Å². The highest BCUT2D eigenvalue weighted by Crippen LogP contribution is 2.09. The number of rotatable bonds is 9. The van der Waals surface area contributed by atoms with Crippen LogP contribution in [0.4, 0.5) is 5.69 Å². The number of hydrogen-bond acceptors (Lipinski definition) is 5. The van der Waals surface area contributed by atoms with Crippen molar-refractivity contribution in [2.24, 2.45) is 5.92 Å². The van der Waals surface area contributed by atoms with Gasteiger partial charge in [0.2, 0.25) is 5.91 Å². The molecule has 0 unspecified atom stereocenters. The van der Waals surface area contributed by atoms with Gasteiger partial charge in [0, 0.05) is 30.0 Å². The first-order valence-electron chi connectivity index (χ1n) is 16.2. The van der Waals surface area contributed by atoms with Gasteiger partial charge in [0.1, 0.15) is 5.78 Å². The fraction of sp³-hybridized carbons (Fsp3) is 0.325. The van der Waals surface area contributed by atoms with E-state index in [1.807, 2.05) is 88.4 Å². The van der Waals surface area contributed by atoms with Crippen LogP contribution < -0.4 is 5.32 Å².